The van der Waals surface area contributed by atoms with Gasteiger partial charge in [-0.25, -0.2) is 4.79 Å². The van der Waals surface area contributed by atoms with Crippen LogP contribution in [0.25, 0.3) is 6.08 Å². The summed E-state index contributed by atoms with van der Waals surface area (Å²) >= 11 is 1.18. The number of hydrogen-bond donors (Lipinski definition) is 0. The highest BCUT2D eigenvalue weighted by Crippen LogP contribution is 2.39. The molecule has 0 radical (unpaired) electrons. The molecule has 0 amide bonds. The number of carbonyl (C=O) groups excluding carboxylic acids is 2. The molecule has 0 aliphatic carbocycles. The average molecular weight is 377 g/mol. The third-order valence-corrected chi connectivity index (χ3v) is 5.41. The molecule has 6 nitrogen and oxygen atoms in total. The molecule has 1 saturated heterocycles. The molecule has 1 aromatic rings. The first-order valence-electron chi connectivity index (χ1n) is 8.28. The van der Waals surface area contributed by atoms with E-state index in [0.29, 0.717) is 16.9 Å². The largest absolute Gasteiger partial charge is 0.491 e. The molecule has 1 aliphatic heterocycles. The Kier molecular flexibility index (Phi) is 6.31. The number of nitrogens with zero attached hydrogens (tertiary/aromatic N) is 1. The van der Waals surface area contributed by atoms with Crippen LogP contribution in [-0.4, -0.2) is 47.3 Å². The molecule has 0 spiro atoms. The minimum absolute atomic E-state index is 0.00820. The Labute approximate surface area is 158 Å². The van der Waals surface area contributed by atoms with Gasteiger partial charge in [0.05, 0.1) is 23.9 Å². The predicted octanol–water partition coefficient (Wildman–Crippen LogP) is 3.16. The van der Waals surface area contributed by atoms with Crippen molar-refractivity contribution in [3.63, 3.8) is 0 Å². The summed E-state index contributed by atoms with van der Waals surface area (Å²) < 4.78 is 16.9. The van der Waals surface area contributed by atoms with Gasteiger partial charge in [-0.3, -0.25) is 9.78 Å². The topological polar surface area (TPSA) is 74.7 Å². The third kappa shape index (κ3) is 4.75. The summed E-state index contributed by atoms with van der Waals surface area (Å²) in [5.41, 5.74) is 0.899. The Bertz CT molecular complexity index is 716. The van der Waals surface area contributed by atoms with Crippen molar-refractivity contribution in [1.82, 2.24) is 4.98 Å². The molecule has 0 atom stereocenters. The van der Waals surface area contributed by atoms with E-state index in [-0.39, 0.29) is 5.12 Å². The molecule has 1 aromatic heterocycles. The van der Waals surface area contributed by atoms with Crippen LogP contribution in [0.5, 0.6) is 0 Å². The SMILES string of the molecule is COC(=O)c1cncc(C=C(CSC(C)=O)B2OC(C)(C)C(C)(C)O2)c1. The molecular weight excluding hydrogens is 353 g/mol. The first kappa shape index (κ1) is 20.7. The van der Waals surface area contributed by atoms with Gasteiger partial charge in [-0.1, -0.05) is 17.8 Å². The fourth-order valence-corrected chi connectivity index (χ4v) is 2.93. The fourth-order valence-electron chi connectivity index (χ4n) is 2.34. The van der Waals surface area contributed by atoms with Gasteiger partial charge in [-0.05, 0) is 44.8 Å². The number of thioether (sulfide) groups is 1. The van der Waals surface area contributed by atoms with Crippen molar-refractivity contribution in [3.8, 4) is 0 Å². The lowest BCUT2D eigenvalue weighted by Crippen LogP contribution is -2.41. The highest BCUT2D eigenvalue weighted by molar-refractivity contribution is 8.13. The van der Waals surface area contributed by atoms with Gasteiger partial charge in [0, 0.05) is 25.1 Å². The minimum Gasteiger partial charge on any atom is -0.465 e. The van der Waals surface area contributed by atoms with E-state index in [4.69, 9.17) is 14.0 Å². The number of pyridine rings is 1. The fraction of sp³-hybridized carbons (Fsp3) is 0.500. The lowest BCUT2D eigenvalue weighted by molar-refractivity contribution is -0.109. The smallest absolute Gasteiger partial charge is 0.465 e. The van der Waals surface area contributed by atoms with E-state index in [1.54, 1.807) is 12.3 Å². The van der Waals surface area contributed by atoms with Crippen LogP contribution in [0.3, 0.4) is 0 Å². The number of esters is 1. The van der Waals surface area contributed by atoms with E-state index in [2.05, 4.69) is 4.98 Å². The average Bonchev–Trinajstić information content (AvgIpc) is 2.78. The van der Waals surface area contributed by atoms with Crippen LogP contribution >= 0.6 is 11.8 Å². The minimum atomic E-state index is -0.575. The predicted molar refractivity (Wildman–Crippen MR) is 103 cm³/mol. The summed E-state index contributed by atoms with van der Waals surface area (Å²) in [6.07, 6.45) is 4.93. The Morgan fingerprint density at radius 2 is 1.85 bits per heavy atom. The lowest BCUT2D eigenvalue weighted by Gasteiger charge is -2.32. The van der Waals surface area contributed by atoms with Gasteiger partial charge in [-0.2, -0.15) is 0 Å². The molecule has 0 aromatic carbocycles. The van der Waals surface area contributed by atoms with Crippen molar-refractivity contribution in [1.29, 1.82) is 0 Å². The first-order valence-corrected chi connectivity index (χ1v) is 9.27. The molecule has 8 heteroatoms. The van der Waals surface area contributed by atoms with E-state index >= 15 is 0 Å². The standard InChI is InChI=1S/C18H24BNO5S/c1-12(21)26-11-15(19-24-17(2,3)18(4,5)25-19)8-13-7-14(10-20-9-13)16(22)23-6/h7-10H,11H2,1-6H3. The molecule has 26 heavy (non-hydrogen) atoms. The molecule has 0 bridgehead atoms. The summed E-state index contributed by atoms with van der Waals surface area (Å²) in [6, 6.07) is 1.68. The molecule has 0 unspecified atom stereocenters. The monoisotopic (exact) mass is 377 g/mol. The van der Waals surface area contributed by atoms with E-state index in [1.165, 1.54) is 32.0 Å². The summed E-state index contributed by atoms with van der Waals surface area (Å²) in [5.74, 6) is -0.0303. The van der Waals surface area contributed by atoms with Crippen molar-refractivity contribution < 1.29 is 23.6 Å². The second-order valence-electron chi connectivity index (χ2n) is 7.09. The maximum Gasteiger partial charge on any atom is 0.491 e. The number of hydrogen-bond acceptors (Lipinski definition) is 7. The van der Waals surface area contributed by atoms with Crippen molar-refractivity contribution in [2.24, 2.45) is 0 Å². The van der Waals surface area contributed by atoms with Gasteiger partial charge in [0.15, 0.2) is 5.12 Å². The first-order chi connectivity index (χ1) is 12.1. The number of rotatable bonds is 5. The third-order valence-electron chi connectivity index (χ3n) is 4.53. The van der Waals surface area contributed by atoms with Crippen LogP contribution in [-0.2, 0) is 18.8 Å². The Hall–Kier alpha value is -1.64. The number of aromatic nitrogens is 1. The van der Waals surface area contributed by atoms with Crippen LogP contribution < -0.4 is 0 Å². The van der Waals surface area contributed by atoms with E-state index in [0.717, 1.165) is 5.47 Å². The number of carbonyl (C=O) groups is 2. The second kappa shape index (κ2) is 7.94. The van der Waals surface area contributed by atoms with Crippen molar-refractivity contribution in [2.45, 2.75) is 45.8 Å². The van der Waals surface area contributed by atoms with Crippen molar-refractivity contribution in [2.75, 3.05) is 12.9 Å². The normalized spacial score (nSPS) is 18.7. The zero-order valence-electron chi connectivity index (χ0n) is 16.0. The Balaban J connectivity index is 2.35. The summed E-state index contributed by atoms with van der Waals surface area (Å²) in [4.78, 5) is 27.2. The zero-order valence-corrected chi connectivity index (χ0v) is 16.8. The quantitative estimate of drug-likeness (QED) is 0.576. The summed E-state index contributed by atoms with van der Waals surface area (Å²) in [7, 11) is 0.748. The van der Waals surface area contributed by atoms with Gasteiger partial charge in [0.1, 0.15) is 0 Å². The zero-order chi connectivity index (χ0) is 19.5. The van der Waals surface area contributed by atoms with Crippen LogP contribution in [0.1, 0.15) is 50.5 Å². The molecule has 2 heterocycles. The number of ether oxygens (including phenoxy) is 1. The van der Waals surface area contributed by atoms with E-state index in [9.17, 15) is 9.59 Å². The van der Waals surface area contributed by atoms with E-state index < -0.39 is 24.3 Å². The molecule has 2 rings (SSSR count). The lowest BCUT2D eigenvalue weighted by atomic mass is 9.78. The van der Waals surface area contributed by atoms with Gasteiger partial charge in [0.2, 0.25) is 0 Å². The van der Waals surface area contributed by atoms with Crippen molar-refractivity contribution in [3.05, 3.63) is 35.1 Å². The summed E-state index contributed by atoms with van der Waals surface area (Å²) in [5, 5.41) is 0.00820. The Morgan fingerprint density at radius 1 is 1.23 bits per heavy atom. The number of methoxy groups -OCH3 is 1. The molecule has 1 aliphatic rings. The highest BCUT2D eigenvalue weighted by Gasteiger charge is 2.52. The Morgan fingerprint density at radius 3 is 2.38 bits per heavy atom. The van der Waals surface area contributed by atoms with Crippen LogP contribution in [0.4, 0.5) is 0 Å². The van der Waals surface area contributed by atoms with Gasteiger partial charge >= 0.3 is 13.1 Å². The maximum atomic E-state index is 11.7. The van der Waals surface area contributed by atoms with Crippen molar-refractivity contribution >= 4 is 36.0 Å². The highest BCUT2D eigenvalue weighted by atomic mass is 32.2. The maximum absolute atomic E-state index is 11.7. The van der Waals surface area contributed by atoms with Crippen LogP contribution in [0.2, 0.25) is 0 Å². The van der Waals surface area contributed by atoms with Crippen LogP contribution in [0, 0.1) is 0 Å². The molecule has 0 N–H and O–H groups in total. The molecule has 140 valence electrons. The van der Waals surface area contributed by atoms with Crippen LogP contribution in [0.15, 0.2) is 23.9 Å². The van der Waals surface area contributed by atoms with Gasteiger partial charge in [0.25, 0.3) is 0 Å². The molecular formula is C18H24BNO5S. The molecule has 1 fully saturated rings. The second-order valence-corrected chi connectivity index (χ2v) is 8.24. The van der Waals surface area contributed by atoms with E-state index in [1.807, 2.05) is 33.8 Å². The summed E-state index contributed by atoms with van der Waals surface area (Å²) in [6.45, 7) is 9.42. The van der Waals surface area contributed by atoms with Gasteiger partial charge in [-0.15, -0.1) is 0 Å². The van der Waals surface area contributed by atoms with Gasteiger partial charge < -0.3 is 14.0 Å². The molecule has 0 saturated carbocycles.